The van der Waals surface area contributed by atoms with Crippen molar-refractivity contribution in [2.45, 2.75) is 26.2 Å². The first-order chi connectivity index (χ1) is 12.6. The number of ether oxygens (including phenoxy) is 1. The molecule has 2 aliphatic heterocycles. The molecule has 0 saturated carbocycles. The Kier molecular flexibility index (Phi) is 4.99. The van der Waals surface area contributed by atoms with E-state index in [4.69, 9.17) is 4.74 Å². The van der Waals surface area contributed by atoms with Gasteiger partial charge in [-0.1, -0.05) is 6.92 Å². The Hall–Kier alpha value is -1.87. The molecular formula is C18H25N5O3-2. The van der Waals surface area contributed by atoms with Crippen LogP contribution < -0.4 is 15.7 Å². The monoisotopic (exact) mass is 359 g/mol. The highest BCUT2D eigenvalue weighted by atomic mass is 16.6. The van der Waals surface area contributed by atoms with Gasteiger partial charge in [-0.15, -0.1) is 0 Å². The van der Waals surface area contributed by atoms with Crippen LogP contribution in [0.15, 0.2) is 17.1 Å². The molecule has 8 nitrogen and oxygen atoms in total. The fourth-order valence-corrected chi connectivity index (χ4v) is 3.91. The fraction of sp³-hybridized carbons (Fsp3) is 0.611. The van der Waals surface area contributed by atoms with E-state index in [0.29, 0.717) is 29.0 Å². The van der Waals surface area contributed by atoms with Crippen molar-refractivity contribution in [3.05, 3.63) is 33.7 Å². The largest absolute Gasteiger partial charge is 0.752 e. The van der Waals surface area contributed by atoms with Gasteiger partial charge in [0.2, 0.25) is 5.96 Å². The minimum atomic E-state index is 0.0699. The first kappa shape index (κ1) is 17.5. The zero-order valence-electron chi connectivity index (χ0n) is 15.1. The van der Waals surface area contributed by atoms with E-state index in [2.05, 4.69) is 22.2 Å². The topological polar surface area (TPSA) is 89.5 Å². The molecule has 1 unspecified atom stereocenters. The van der Waals surface area contributed by atoms with Crippen LogP contribution in [0, 0.1) is 16.3 Å². The highest BCUT2D eigenvalue weighted by Crippen LogP contribution is 2.38. The first-order valence-electron chi connectivity index (χ1n) is 9.33. The van der Waals surface area contributed by atoms with E-state index in [1.54, 1.807) is 0 Å². The van der Waals surface area contributed by atoms with Crippen LogP contribution in [0.3, 0.4) is 0 Å². The van der Waals surface area contributed by atoms with E-state index in [0.717, 1.165) is 62.7 Å². The zero-order valence-corrected chi connectivity index (χ0v) is 15.1. The molecule has 0 spiro atoms. The Morgan fingerprint density at radius 1 is 1.15 bits per heavy atom. The summed E-state index contributed by atoms with van der Waals surface area (Å²) in [4.78, 5) is 6.65. The van der Waals surface area contributed by atoms with Gasteiger partial charge in [0.1, 0.15) is 0 Å². The summed E-state index contributed by atoms with van der Waals surface area (Å²) in [6.45, 7) is 7.03. The number of benzene rings is 1. The molecule has 0 amide bonds. The number of fused-ring (bicyclic) bond motifs is 2. The van der Waals surface area contributed by atoms with Crippen molar-refractivity contribution in [1.82, 2.24) is 10.3 Å². The van der Waals surface area contributed by atoms with Crippen molar-refractivity contribution in [1.29, 1.82) is 0 Å². The summed E-state index contributed by atoms with van der Waals surface area (Å²) in [6, 6.07) is 3.70. The number of hydrazine groups is 1. The Balaban J connectivity index is 1.42. The fourth-order valence-electron chi connectivity index (χ4n) is 3.91. The second-order valence-electron chi connectivity index (χ2n) is 7.34. The molecule has 0 radical (unpaired) electrons. The molecule has 142 valence electrons. The molecule has 0 aromatic heterocycles. The lowest BCUT2D eigenvalue weighted by atomic mass is 10.1. The number of hydroxylamine groups is 1. The summed E-state index contributed by atoms with van der Waals surface area (Å²) >= 11 is 0. The van der Waals surface area contributed by atoms with Crippen LogP contribution in [-0.2, 0) is 17.6 Å². The second-order valence-corrected chi connectivity index (χ2v) is 7.34. The molecule has 1 aromatic carbocycles. The molecule has 3 aliphatic rings. The van der Waals surface area contributed by atoms with E-state index in [9.17, 15) is 10.4 Å². The molecule has 1 aromatic rings. The lowest BCUT2D eigenvalue weighted by Gasteiger charge is -2.46. The number of anilines is 2. The van der Waals surface area contributed by atoms with E-state index < -0.39 is 0 Å². The number of nitrogens with zero attached hydrogens (tertiary/aromatic N) is 4. The molecule has 4 rings (SSSR count). The molecule has 1 fully saturated rings. The molecule has 1 saturated heterocycles. The lowest BCUT2D eigenvalue weighted by Crippen LogP contribution is -2.50. The number of morpholine rings is 1. The quantitative estimate of drug-likeness (QED) is 0.817. The predicted octanol–water partition coefficient (Wildman–Crippen LogP) is 1.63. The number of guanidine groups is 1. The van der Waals surface area contributed by atoms with E-state index in [-0.39, 0.29) is 5.96 Å². The normalized spacial score (nSPS) is 24.6. The third-order valence-electron chi connectivity index (χ3n) is 5.26. The van der Waals surface area contributed by atoms with E-state index >= 15 is 0 Å². The predicted molar refractivity (Wildman–Crippen MR) is 102 cm³/mol. The summed E-state index contributed by atoms with van der Waals surface area (Å²) in [5.41, 5.74) is 5.66. The van der Waals surface area contributed by atoms with Crippen LogP contribution in [0.5, 0.6) is 0 Å². The standard InChI is InChI=1S/C18H25N5O3/c1-13-9-14-11-16-17(12-15(14)10-13)23(25)20-18(22(16)24)19-3-2-4-21-5-7-26-8-6-21/h11-13H,2-10H2,1H3,(H,19,20)/q-2. The number of nitrogens with one attached hydrogen (secondary N) is 1. The minimum absolute atomic E-state index is 0.0699. The van der Waals surface area contributed by atoms with Gasteiger partial charge in [-0.2, -0.15) is 0 Å². The third kappa shape index (κ3) is 3.50. The van der Waals surface area contributed by atoms with Crippen molar-refractivity contribution < 1.29 is 4.74 Å². The summed E-state index contributed by atoms with van der Waals surface area (Å²) in [7, 11) is 0. The van der Waals surface area contributed by atoms with Gasteiger partial charge >= 0.3 is 0 Å². The van der Waals surface area contributed by atoms with Crippen LogP contribution in [0.1, 0.15) is 24.5 Å². The van der Waals surface area contributed by atoms with Crippen LogP contribution in [0.2, 0.25) is 0 Å². The van der Waals surface area contributed by atoms with E-state index in [1.807, 2.05) is 12.1 Å². The van der Waals surface area contributed by atoms with Gasteiger partial charge in [-0.05, 0) is 48.4 Å². The number of aliphatic imine (C=N–C) groups is 1. The molecule has 26 heavy (non-hydrogen) atoms. The van der Waals surface area contributed by atoms with Crippen LogP contribution in [0.4, 0.5) is 11.4 Å². The van der Waals surface area contributed by atoms with Crippen molar-refractivity contribution in [2.24, 2.45) is 10.9 Å². The van der Waals surface area contributed by atoms with Crippen LogP contribution in [0.25, 0.3) is 0 Å². The van der Waals surface area contributed by atoms with Crippen LogP contribution >= 0.6 is 0 Å². The lowest BCUT2D eigenvalue weighted by molar-refractivity contribution is 0.0377. The van der Waals surface area contributed by atoms with Gasteiger partial charge in [0.05, 0.1) is 24.6 Å². The van der Waals surface area contributed by atoms with Gasteiger partial charge < -0.3 is 25.4 Å². The smallest absolute Gasteiger partial charge is 0.206 e. The third-order valence-corrected chi connectivity index (χ3v) is 5.26. The zero-order chi connectivity index (χ0) is 18.1. The highest BCUT2D eigenvalue weighted by molar-refractivity contribution is 6.04. The van der Waals surface area contributed by atoms with Gasteiger partial charge in [-0.3, -0.25) is 15.3 Å². The van der Waals surface area contributed by atoms with Crippen LogP contribution in [-0.4, -0.2) is 50.3 Å². The molecule has 1 atom stereocenters. The summed E-state index contributed by atoms with van der Waals surface area (Å²) < 4.78 is 5.33. The summed E-state index contributed by atoms with van der Waals surface area (Å²) in [6.07, 6.45) is 2.75. The minimum Gasteiger partial charge on any atom is -0.752 e. The van der Waals surface area contributed by atoms with Crippen molar-refractivity contribution in [2.75, 3.05) is 49.6 Å². The Bertz CT molecular complexity index is 690. The molecular weight excluding hydrogens is 334 g/mol. The Morgan fingerprint density at radius 3 is 2.58 bits per heavy atom. The maximum atomic E-state index is 12.7. The van der Waals surface area contributed by atoms with Crippen molar-refractivity contribution in [3.8, 4) is 0 Å². The maximum absolute atomic E-state index is 12.7. The average molecular weight is 359 g/mol. The molecule has 8 heteroatoms. The number of hydrogen-bond acceptors (Lipinski definition) is 6. The first-order valence-corrected chi connectivity index (χ1v) is 9.33. The van der Waals surface area contributed by atoms with Gasteiger partial charge in [0.15, 0.2) is 0 Å². The Morgan fingerprint density at radius 2 is 1.85 bits per heavy atom. The Labute approximate surface area is 153 Å². The van der Waals surface area contributed by atoms with Crippen molar-refractivity contribution in [3.63, 3.8) is 0 Å². The summed E-state index contributed by atoms with van der Waals surface area (Å²) in [5.74, 6) is 0.621. The van der Waals surface area contributed by atoms with E-state index in [1.165, 1.54) is 5.56 Å². The summed E-state index contributed by atoms with van der Waals surface area (Å²) in [5, 5.41) is 26.4. The maximum Gasteiger partial charge on any atom is 0.206 e. The van der Waals surface area contributed by atoms with Gasteiger partial charge in [0.25, 0.3) is 0 Å². The molecule has 1 aliphatic carbocycles. The van der Waals surface area contributed by atoms with Gasteiger partial charge in [0, 0.05) is 26.2 Å². The van der Waals surface area contributed by atoms with Gasteiger partial charge in [-0.25, -0.2) is 0 Å². The number of hydrogen-bond donors (Lipinski definition) is 1. The SMILES string of the molecule is CC1Cc2cc3c(cc2C1)N([O-])C(=NCCCN1CCOCC1)NN3[O-]. The molecule has 1 N–H and O–H groups in total. The molecule has 2 heterocycles. The number of rotatable bonds is 4. The van der Waals surface area contributed by atoms with Crippen molar-refractivity contribution >= 4 is 17.3 Å². The second kappa shape index (κ2) is 7.40. The molecule has 0 bridgehead atoms. The highest BCUT2D eigenvalue weighted by Gasteiger charge is 2.24. The average Bonchev–Trinajstić information content (AvgIpc) is 3.01.